The zero-order valence-corrected chi connectivity index (χ0v) is 11.7. The van der Waals surface area contributed by atoms with E-state index < -0.39 is 0 Å². The van der Waals surface area contributed by atoms with Gasteiger partial charge in [0, 0.05) is 27.3 Å². The van der Waals surface area contributed by atoms with Gasteiger partial charge in [-0.05, 0) is 41.1 Å². The Morgan fingerprint density at radius 1 is 1.12 bits per heavy atom. The first kappa shape index (κ1) is 11.1. The van der Waals surface area contributed by atoms with Crippen LogP contribution in [0.2, 0.25) is 5.02 Å². The maximum Gasteiger partial charge on any atom is 0.0555 e. The number of hydrogen-bond donors (Lipinski definition) is 0. The Bertz CT molecular complexity index is 715. The van der Waals surface area contributed by atoms with Gasteiger partial charge in [0.15, 0.2) is 0 Å². The SMILES string of the molecule is CCn1c2ccccc2c2c(Br)c(Cl)ccc21. The fourth-order valence-electron chi connectivity index (χ4n) is 2.41. The van der Waals surface area contributed by atoms with E-state index in [2.05, 4.69) is 57.8 Å². The topological polar surface area (TPSA) is 4.93 Å². The van der Waals surface area contributed by atoms with Crippen LogP contribution < -0.4 is 0 Å². The molecule has 0 saturated heterocycles. The van der Waals surface area contributed by atoms with E-state index in [1.54, 1.807) is 0 Å². The molecule has 17 heavy (non-hydrogen) atoms. The lowest BCUT2D eigenvalue weighted by Gasteiger charge is -2.03. The molecule has 1 nitrogen and oxygen atoms in total. The third-order valence-electron chi connectivity index (χ3n) is 3.14. The molecule has 0 aliphatic heterocycles. The lowest BCUT2D eigenvalue weighted by atomic mass is 10.1. The standard InChI is InChI=1S/C14H11BrClN/c1-2-17-11-6-4-3-5-9(11)13-12(17)8-7-10(16)14(13)15/h3-8H,2H2,1H3. The van der Waals surface area contributed by atoms with Crippen LogP contribution in [0.3, 0.4) is 0 Å². The Morgan fingerprint density at radius 3 is 2.65 bits per heavy atom. The summed E-state index contributed by atoms with van der Waals surface area (Å²) in [5.74, 6) is 0. The highest BCUT2D eigenvalue weighted by molar-refractivity contribution is 9.10. The van der Waals surface area contributed by atoms with Gasteiger partial charge in [0.05, 0.1) is 10.5 Å². The van der Waals surface area contributed by atoms with E-state index in [1.807, 2.05) is 6.07 Å². The molecule has 0 unspecified atom stereocenters. The molecule has 0 bridgehead atoms. The highest BCUT2D eigenvalue weighted by atomic mass is 79.9. The highest BCUT2D eigenvalue weighted by Crippen LogP contribution is 2.37. The van der Waals surface area contributed by atoms with Crippen molar-refractivity contribution in [2.45, 2.75) is 13.5 Å². The summed E-state index contributed by atoms with van der Waals surface area (Å²) in [5.41, 5.74) is 2.48. The van der Waals surface area contributed by atoms with Crippen LogP contribution in [0, 0.1) is 0 Å². The zero-order chi connectivity index (χ0) is 12.0. The van der Waals surface area contributed by atoms with Gasteiger partial charge < -0.3 is 4.57 Å². The van der Waals surface area contributed by atoms with E-state index in [-0.39, 0.29) is 0 Å². The van der Waals surface area contributed by atoms with Crippen molar-refractivity contribution in [1.29, 1.82) is 0 Å². The summed E-state index contributed by atoms with van der Waals surface area (Å²) in [6, 6.07) is 12.5. The minimum atomic E-state index is 0.761. The second-order valence-corrected chi connectivity index (χ2v) is 5.22. The summed E-state index contributed by atoms with van der Waals surface area (Å²) in [5, 5.41) is 3.21. The second kappa shape index (κ2) is 4.04. The number of benzene rings is 2. The van der Waals surface area contributed by atoms with Gasteiger partial charge in [0.25, 0.3) is 0 Å². The lowest BCUT2D eigenvalue weighted by Crippen LogP contribution is -1.92. The lowest BCUT2D eigenvalue weighted by molar-refractivity contribution is 0.827. The van der Waals surface area contributed by atoms with Crippen molar-refractivity contribution in [3.8, 4) is 0 Å². The average Bonchev–Trinajstić information content (AvgIpc) is 2.68. The molecule has 0 radical (unpaired) electrons. The van der Waals surface area contributed by atoms with Gasteiger partial charge in [0.2, 0.25) is 0 Å². The van der Waals surface area contributed by atoms with Crippen molar-refractivity contribution in [1.82, 2.24) is 4.57 Å². The van der Waals surface area contributed by atoms with Gasteiger partial charge in [-0.2, -0.15) is 0 Å². The van der Waals surface area contributed by atoms with Crippen LogP contribution in [0.1, 0.15) is 6.92 Å². The van der Waals surface area contributed by atoms with Crippen molar-refractivity contribution in [3.63, 3.8) is 0 Å². The molecule has 3 rings (SSSR count). The number of para-hydroxylation sites is 1. The summed E-state index contributed by atoms with van der Waals surface area (Å²) in [7, 11) is 0. The number of aryl methyl sites for hydroxylation is 1. The molecule has 1 aromatic heterocycles. The van der Waals surface area contributed by atoms with E-state index in [4.69, 9.17) is 11.6 Å². The fraction of sp³-hybridized carbons (Fsp3) is 0.143. The van der Waals surface area contributed by atoms with Gasteiger partial charge in [-0.3, -0.25) is 0 Å². The van der Waals surface area contributed by atoms with Crippen molar-refractivity contribution >= 4 is 49.3 Å². The van der Waals surface area contributed by atoms with E-state index in [9.17, 15) is 0 Å². The molecule has 86 valence electrons. The fourth-order valence-corrected chi connectivity index (χ4v) is 3.12. The molecule has 1 heterocycles. The highest BCUT2D eigenvalue weighted by Gasteiger charge is 2.13. The summed E-state index contributed by atoms with van der Waals surface area (Å²) in [6.07, 6.45) is 0. The summed E-state index contributed by atoms with van der Waals surface area (Å²) >= 11 is 9.78. The maximum atomic E-state index is 6.18. The van der Waals surface area contributed by atoms with Crippen LogP contribution in [0.4, 0.5) is 0 Å². The van der Waals surface area contributed by atoms with Crippen LogP contribution in [-0.4, -0.2) is 4.57 Å². The van der Waals surface area contributed by atoms with Gasteiger partial charge in [0.1, 0.15) is 0 Å². The second-order valence-electron chi connectivity index (χ2n) is 4.02. The van der Waals surface area contributed by atoms with Crippen LogP contribution in [0.5, 0.6) is 0 Å². The number of aromatic nitrogens is 1. The third-order valence-corrected chi connectivity index (χ3v) is 4.51. The number of halogens is 2. The van der Waals surface area contributed by atoms with Crippen molar-refractivity contribution < 1.29 is 0 Å². The molecule has 0 atom stereocenters. The predicted molar refractivity (Wildman–Crippen MR) is 77.8 cm³/mol. The Balaban J connectivity index is 2.64. The molecule has 2 aromatic carbocycles. The third kappa shape index (κ3) is 1.51. The Kier molecular flexibility index (Phi) is 2.64. The predicted octanol–water partition coefficient (Wildman–Crippen LogP) is 5.23. The molecule has 0 saturated carbocycles. The van der Waals surface area contributed by atoms with E-state index in [0.29, 0.717) is 0 Å². The van der Waals surface area contributed by atoms with Crippen LogP contribution >= 0.6 is 27.5 Å². The van der Waals surface area contributed by atoms with E-state index in [1.165, 1.54) is 21.8 Å². The van der Waals surface area contributed by atoms with Gasteiger partial charge in [-0.1, -0.05) is 29.8 Å². The van der Waals surface area contributed by atoms with E-state index >= 15 is 0 Å². The van der Waals surface area contributed by atoms with Crippen molar-refractivity contribution in [3.05, 3.63) is 45.9 Å². The molecule has 0 N–H and O–H groups in total. The molecule has 3 aromatic rings. The first-order chi connectivity index (χ1) is 8.24. The summed E-state index contributed by atoms with van der Waals surface area (Å²) < 4.78 is 3.30. The molecule has 0 aliphatic carbocycles. The van der Waals surface area contributed by atoms with Crippen LogP contribution in [0.15, 0.2) is 40.9 Å². The quantitative estimate of drug-likeness (QED) is 0.580. The maximum absolute atomic E-state index is 6.18. The van der Waals surface area contributed by atoms with E-state index in [0.717, 1.165) is 16.0 Å². The smallest absolute Gasteiger partial charge is 0.0555 e. The molecule has 0 fully saturated rings. The monoisotopic (exact) mass is 307 g/mol. The molecule has 3 heteroatoms. The Hall–Kier alpha value is -0.990. The molecule has 0 amide bonds. The molecule has 0 spiro atoms. The molecular formula is C14H11BrClN. The van der Waals surface area contributed by atoms with Gasteiger partial charge >= 0.3 is 0 Å². The minimum Gasteiger partial charge on any atom is -0.341 e. The van der Waals surface area contributed by atoms with Crippen molar-refractivity contribution in [2.75, 3.05) is 0 Å². The largest absolute Gasteiger partial charge is 0.341 e. The number of nitrogens with zero attached hydrogens (tertiary/aromatic N) is 1. The zero-order valence-electron chi connectivity index (χ0n) is 9.37. The number of hydrogen-bond acceptors (Lipinski definition) is 0. The normalized spacial score (nSPS) is 11.5. The minimum absolute atomic E-state index is 0.761. The first-order valence-electron chi connectivity index (χ1n) is 5.59. The number of rotatable bonds is 1. The molecule has 0 aliphatic rings. The van der Waals surface area contributed by atoms with Gasteiger partial charge in [-0.15, -0.1) is 0 Å². The van der Waals surface area contributed by atoms with Crippen LogP contribution in [-0.2, 0) is 6.54 Å². The Labute approximate surface area is 113 Å². The summed E-state index contributed by atoms with van der Waals surface area (Å²) in [6.45, 7) is 3.12. The Morgan fingerprint density at radius 2 is 1.88 bits per heavy atom. The molecular weight excluding hydrogens is 298 g/mol. The number of fused-ring (bicyclic) bond motifs is 3. The summed E-state index contributed by atoms with van der Waals surface area (Å²) in [4.78, 5) is 0. The first-order valence-corrected chi connectivity index (χ1v) is 6.76. The van der Waals surface area contributed by atoms with Crippen LogP contribution in [0.25, 0.3) is 21.8 Å². The van der Waals surface area contributed by atoms with Crippen molar-refractivity contribution in [2.24, 2.45) is 0 Å². The van der Waals surface area contributed by atoms with Gasteiger partial charge in [-0.25, -0.2) is 0 Å². The average molecular weight is 309 g/mol.